The molecule has 5 aromatic rings. The smallest absolute Gasteiger partial charge is 0.166 e. The number of rotatable bonds is 4. The van der Waals surface area contributed by atoms with Crippen LogP contribution in [0.1, 0.15) is 10.6 Å². The van der Waals surface area contributed by atoms with Crippen LogP contribution in [0.25, 0.3) is 32.6 Å². The number of fused-ring (bicyclic) bond motifs is 2. The summed E-state index contributed by atoms with van der Waals surface area (Å²) < 4.78 is 0. The van der Waals surface area contributed by atoms with Gasteiger partial charge in [-0.15, -0.1) is 0 Å². The molecule has 0 aliphatic carbocycles. The summed E-state index contributed by atoms with van der Waals surface area (Å²) in [5.41, 5.74) is 15.8. The second-order valence-electron chi connectivity index (χ2n) is 6.49. The summed E-state index contributed by atoms with van der Waals surface area (Å²) in [7, 11) is 0. The number of H-pyrrole nitrogens is 1. The highest BCUT2D eigenvalue weighted by Gasteiger charge is 2.15. The maximum atomic E-state index is 6.15. The number of hydrogen-bond donors (Lipinski definition) is 3. The van der Waals surface area contributed by atoms with Crippen molar-refractivity contribution in [1.29, 1.82) is 0 Å². The number of anilines is 2. The van der Waals surface area contributed by atoms with Crippen molar-refractivity contribution in [2.75, 3.05) is 11.5 Å². The third-order valence-corrected chi connectivity index (χ3v) is 5.70. The highest BCUT2D eigenvalue weighted by Crippen LogP contribution is 2.29. The molecule has 5 rings (SSSR count). The van der Waals surface area contributed by atoms with Gasteiger partial charge < -0.3 is 16.5 Å². The number of nitrogens with two attached hydrogens (primary N) is 2. The molecule has 7 nitrogen and oxygen atoms in total. The van der Waals surface area contributed by atoms with E-state index in [1.165, 1.54) is 22.3 Å². The average Bonchev–Trinajstić information content (AvgIpc) is 3.31. The van der Waals surface area contributed by atoms with E-state index < -0.39 is 0 Å². The minimum absolute atomic E-state index is 0.359. The predicted molar refractivity (Wildman–Crippen MR) is 113 cm³/mol. The van der Waals surface area contributed by atoms with E-state index in [1.807, 2.05) is 12.1 Å². The Hall–Kier alpha value is -3.52. The fourth-order valence-corrected chi connectivity index (χ4v) is 4.24. The van der Waals surface area contributed by atoms with Crippen LogP contribution in [0.5, 0.6) is 0 Å². The van der Waals surface area contributed by atoms with Gasteiger partial charge in [-0.3, -0.25) is 0 Å². The monoisotopic (exact) mass is 387 g/mol. The molecule has 4 aromatic heterocycles. The number of aromatic amines is 1. The number of nitrogens with one attached hydrogen (secondary N) is 1. The summed E-state index contributed by atoms with van der Waals surface area (Å²) in [5.74, 6) is 1.21. The van der Waals surface area contributed by atoms with Crippen LogP contribution in [0.15, 0.2) is 48.8 Å². The first-order valence-corrected chi connectivity index (χ1v) is 9.69. The Bertz CT molecular complexity index is 1300. The molecule has 0 radical (unpaired) electrons. The molecule has 0 aliphatic heterocycles. The molecule has 5 N–H and O–H groups in total. The molecular weight excluding hydrogens is 370 g/mol. The number of hydrogen-bond acceptors (Lipinski definition) is 7. The number of pyridine rings is 1. The normalized spacial score (nSPS) is 11.4. The quantitative estimate of drug-likeness (QED) is 0.434. The summed E-state index contributed by atoms with van der Waals surface area (Å²) in [6, 6.07) is 11.9. The van der Waals surface area contributed by atoms with Gasteiger partial charge in [0.15, 0.2) is 11.6 Å². The first-order valence-electron chi connectivity index (χ1n) is 8.88. The lowest BCUT2D eigenvalue weighted by atomic mass is 10.1. The zero-order chi connectivity index (χ0) is 19.1. The molecule has 0 bridgehead atoms. The largest absolute Gasteiger partial charge is 0.383 e. The lowest BCUT2D eigenvalue weighted by Crippen LogP contribution is -2.00. The summed E-state index contributed by atoms with van der Waals surface area (Å²) in [6.07, 6.45) is 5.40. The number of thiazole rings is 1. The summed E-state index contributed by atoms with van der Waals surface area (Å²) in [4.78, 5) is 21.8. The van der Waals surface area contributed by atoms with Gasteiger partial charge >= 0.3 is 0 Å². The zero-order valence-corrected chi connectivity index (χ0v) is 15.7. The molecule has 0 atom stereocenters. The third-order valence-electron chi connectivity index (χ3n) is 4.69. The summed E-state index contributed by atoms with van der Waals surface area (Å²) >= 11 is 1.54. The Morgan fingerprint density at radius 1 is 0.929 bits per heavy atom. The SMILES string of the molecule is Nc1ncccc1-c1nc(N)c2nc(CCc3c[nH]c4ccccc34)sc2n1. The van der Waals surface area contributed by atoms with E-state index in [4.69, 9.17) is 11.5 Å². The topological polar surface area (TPSA) is 119 Å². The number of aryl methyl sites for hydroxylation is 2. The highest BCUT2D eigenvalue weighted by atomic mass is 32.1. The van der Waals surface area contributed by atoms with E-state index in [9.17, 15) is 0 Å². The van der Waals surface area contributed by atoms with Crippen molar-refractivity contribution in [2.45, 2.75) is 12.8 Å². The van der Waals surface area contributed by atoms with Crippen molar-refractivity contribution < 1.29 is 0 Å². The summed E-state index contributed by atoms with van der Waals surface area (Å²) in [5, 5.41) is 2.23. The second kappa shape index (κ2) is 6.58. The fraction of sp³-hybridized carbons (Fsp3) is 0.100. The zero-order valence-electron chi connectivity index (χ0n) is 14.9. The molecule has 0 fully saturated rings. The van der Waals surface area contributed by atoms with Gasteiger partial charge in [0.05, 0.1) is 10.6 Å². The van der Waals surface area contributed by atoms with Gasteiger partial charge in [-0.1, -0.05) is 29.5 Å². The van der Waals surface area contributed by atoms with Crippen molar-refractivity contribution >= 4 is 44.2 Å². The molecule has 138 valence electrons. The average molecular weight is 387 g/mol. The Labute approximate surface area is 164 Å². The number of nitrogens with zero attached hydrogens (tertiary/aromatic N) is 4. The molecule has 28 heavy (non-hydrogen) atoms. The molecule has 0 unspecified atom stereocenters. The van der Waals surface area contributed by atoms with E-state index in [-0.39, 0.29) is 0 Å². The fourth-order valence-electron chi connectivity index (χ4n) is 3.30. The van der Waals surface area contributed by atoms with Crippen molar-refractivity contribution in [2.24, 2.45) is 0 Å². The number of benzene rings is 1. The van der Waals surface area contributed by atoms with E-state index in [2.05, 4.69) is 49.3 Å². The number of para-hydroxylation sites is 1. The third kappa shape index (κ3) is 2.84. The van der Waals surface area contributed by atoms with Crippen LogP contribution in [0.2, 0.25) is 0 Å². The Morgan fingerprint density at radius 2 is 1.82 bits per heavy atom. The van der Waals surface area contributed by atoms with Crippen LogP contribution in [-0.4, -0.2) is 24.9 Å². The van der Waals surface area contributed by atoms with Crippen molar-refractivity contribution in [3.05, 3.63) is 59.4 Å². The molecule has 0 spiro atoms. The van der Waals surface area contributed by atoms with Gasteiger partial charge in [-0.2, -0.15) is 0 Å². The van der Waals surface area contributed by atoms with Gasteiger partial charge in [-0.05, 0) is 30.2 Å². The van der Waals surface area contributed by atoms with Crippen molar-refractivity contribution in [1.82, 2.24) is 24.9 Å². The van der Waals surface area contributed by atoms with Crippen molar-refractivity contribution in [3.8, 4) is 11.4 Å². The molecule has 1 aromatic carbocycles. The number of nitrogen functional groups attached to an aromatic ring is 2. The van der Waals surface area contributed by atoms with Crippen LogP contribution >= 0.6 is 11.3 Å². The van der Waals surface area contributed by atoms with Crippen LogP contribution in [0.4, 0.5) is 11.6 Å². The minimum atomic E-state index is 0.359. The minimum Gasteiger partial charge on any atom is -0.383 e. The Morgan fingerprint density at radius 3 is 2.71 bits per heavy atom. The maximum Gasteiger partial charge on any atom is 0.166 e. The maximum absolute atomic E-state index is 6.15. The van der Waals surface area contributed by atoms with Crippen molar-refractivity contribution in [3.63, 3.8) is 0 Å². The van der Waals surface area contributed by atoms with Crippen LogP contribution in [-0.2, 0) is 12.8 Å². The highest BCUT2D eigenvalue weighted by molar-refractivity contribution is 7.18. The van der Waals surface area contributed by atoms with Crippen LogP contribution < -0.4 is 11.5 Å². The molecule has 4 heterocycles. The first-order chi connectivity index (χ1) is 13.7. The molecule has 8 heteroatoms. The molecule has 0 saturated carbocycles. The van der Waals surface area contributed by atoms with Gasteiger partial charge in [-0.25, -0.2) is 19.9 Å². The molecule has 0 amide bonds. The standard InChI is InChI=1S/C20H17N7S/c21-17-13(5-3-9-23-17)19-26-18(22)16-20(27-19)28-15(25-16)8-7-11-10-24-14-6-2-1-4-12(11)14/h1-6,9-10,24H,7-8H2,(H2,21,23)(H2,22,26,27). The van der Waals surface area contributed by atoms with E-state index in [0.29, 0.717) is 28.5 Å². The molecule has 0 saturated heterocycles. The van der Waals surface area contributed by atoms with Gasteiger partial charge in [0.1, 0.15) is 16.2 Å². The van der Waals surface area contributed by atoms with Crippen LogP contribution in [0.3, 0.4) is 0 Å². The van der Waals surface area contributed by atoms with E-state index in [1.54, 1.807) is 12.3 Å². The lowest BCUT2D eigenvalue weighted by molar-refractivity contribution is 0.956. The Kier molecular flexibility index (Phi) is 3.91. The second-order valence-corrected chi connectivity index (χ2v) is 7.55. The van der Waals surface area contributed by atoms with E-state index >= 15 is 0 Å². The van der Waals surface area contributed by atoms with Crippen LogP contribution in [0, 0.1) is 0 Å². The van der Waals surface area contributed by atoms with Gasteiger partial charge in [0, 0.05) is 29.7 Å². The molecule has 0 aliphatic rings. The van der Waals surface area contributed by atoms with Gasteiger partial charge in [0.2, 0.25) is 0 Å². The number of aromatic nitrogens is 5. The first kappa shape index (κ1) is 16.6. The van der Waals surface area contributed by atoms with Gasteiger partial charge in [0.25, 0.3) is 0 Å². The molecular formula is C20H17N7S. The lowest BCUT2D eigenvalue weighted by Gasteiger charge is -2.03. The Balaban J connectivity index is 1.46. The summed E-state index contributed by atoms with van der Waals surface area (Å²) in [6.45, 7) is 0. The predicted octanol–water partition coefficient (Wildman–Crippen LogP) is 3.58. The van der Waals surface area contributed by atoms with E-state index in [0.717, 1.165) is 28.2 Å².